The van der Waals surface area contributed by atoms with Crippen LogP contribution in [0.3, 0.4) is 0 Å². The summed E-state index contributed by atoms with van der Waals surface area (Å²) in [5, 5.41) is 6.95. The van der Waals surface area contributed by atoms with Crippen molar-refractivity contribution in [3.05, 3.63) is 168 Å². The van der Waals surface area contributed by atoms with E-state index in [2.05, 4.69) is 178 Å². The van der Waals surface area contributed by atoms with Crippen LogP contribution in [0, 0.1) is 23.2 Å². The number of fused-ring (bicyclic) bond motifs is 15. The molecule has 3 aromatic heterocycles. The number of hydrogen-bond acceptors (Lipinski definition) is 4. The van der Waals surface area contributed by atoms with Crippen molar-refractivity contribution in [2.75, 3.05) is 4.90 Å². The Morgan fingerprint density at radius 3 is 2.27 bits per heavy atom. The molecule has 0 bridgehead atoms. The molecule has 0 radical (unpaired) electrons. The zero-order valence-corrected chi connectivity index (χ0v) is 37.6. The molecule has 2 saturated carbocycles. The molecular weight excluding hydrogens is 799 g/mol. The Bertz CT molecular complexity index is 3700. The average Bonchev–Trinajstić information content (AvgIpc) is 4.10. The van der Waals surface area contributed by atoms with Crippen molar-refractivity contribution >= 4 is 86.8 Å². The fraction of sp³-hybridized carbons (Fsp3) is 0.233. The van der Waals surface area contributed by atoms with E-state index in [1.165, 1.54) is 85.1 Å². The highest BCUT2D eigenvalue weighted by Crippen LogP contribution is 2.62. The topological polar surface area (TPSA) is 29.5 Å². The first-order valence-corrected chi connectivity index (χ1v) is 24.2. The summed E-state index contributed by atoms with van der Waals surface area (Å²) in [6, 6.07) is 49.3. The lowest BCUT2D eigenvalue weighted by atomic mass is 9.68. The highest BCUT2D eigenvalue weighted by molar-refractivity contribution is 7.26. The highest BCUT2D eigenvalue weighted by atomic mass is 32.1. The van der Waals surface area contributed by atoms with Gasteiger partial charge in [-0.25, -0.2) is 0 Å². The van der Waals surface area contributed by atoms with E-state index in [1.807, 2.05) is 11.3 Å². The van der Waals surface area contributed by atoms with E-state index in [0.717, 1.165) is 67.5 Å². The minimum atomic E-state index is -0.130. The predicted octanol–water partition coefficient (Wildman–Crippen LogP) is 17.6. The number of para-hydroxylation sites is 1. The Kier molecular flexibility index (Phi) is 7.59. The molecule has 0 N–H and O–H groups in total. The summed E-state index contributed by atoms with van der Waals surface area (Å²) in [4.78, 5) is 2.61. The molecule has 0 amide bonds. The monoisotopic (exact) mass is 847 g/mol. The van der Waals surface area contributed by atoms with E-state index in [4.69, 9.17) is 8.83 Å². The summed E-state index contributed by atoms with van der Waals surface area (Å²) in [6.45, 7) is 9.94. The van der Waals surface area contributed by atoms with E-state index >= 15 is 0 Å². The molecule has 2 unspecified atom stereocenters. The van der Waals surface area contributed by atoms with Gasteiger partial charge in [-0.1, -0.05) is 143 Å². The maximum Gasteiger partial charge on any atom is 0.144 e. The zero-order chi connectivity index (χ0) is 42.6. The van der Waals surface area contributed by atoms with Crippen molar-refractivity contribution in [3.63, 3.8) is 0 Å². The standard InChI is InChI=1S/C60H49NO2S/c1-59(2)45-21-9-5-15-36(45)38-29-27-34(31-47(38)59)61(35-28-30-39-37-16-6-10-22-46(37)60(3,4)48(39)32-35)49-23-14-25-51-54(49)44-33-52-55(42-18-7-11-24-50(42)62-52)56(57(44)63-51)43-20-13-19-41-40-17-8-12-26-53(40)64-58(41)43/h5,7-9,11-15,17-21,23-31,33,37,46,48H,6,10,16,22,32H2,1-4H3/t37?,46-,48?/m0/s1. The van der Waals surface area contributed by atoms with Crippen LogP contribution < -0.4 is 4.90 Å². The molecule has 10 aromatic rings. The van der Waals surface area contributed by atoms with E-state index in [9.17, 15) is 0 Å². The van der Waals surface area contributed by atoms with Gasteiger partial charge < -0.3 is 13.7 Å². The number of allylic oxidation sites excluding steroid dienone is 4. The molecule has 2 fully saturated rings. The lowest BCUT2D eigenvalue weighted by molar-refractivity contribution is 0.134. The second kappa shape index (κ2) is 13.1. The Morgan fingerprint density at radius 2 is 1.34 bits per heavy atom. The fourth-order valence-corrected chi connectivity index (χ4v) is 14.7. The maximum absolute atomic E-state index is 7.32. The minimum Gasteiger partial charge on any atom is -0.456 e. The van der Waals surface area contributed by atoms with Gasteiger partial charge in [-0.15, -0.1) is 11.3 Å². The van der Waals surface area contributed by atoms with Crippen molar-refractivity contribution in [2.45, 2.75) is 65.2 Å². The first-order chi connectivity index (χ1) is 31.3. The maximum atomic E-state index is 7.32. The van der Waals surface area contributed by atoms with Gasteiger partial charge in [0, 0.05) is 64.3 Å². The Balaban J connectivity index is 1.05. The first-order valence-electron chi connectivity index (χ1n) is 23.4. The lowest BCUT2D eigenvalue weighted by Crippen LogP contribution is -2.30. The minimum absolute atomic E-state index is 0.130. The number of furan rings is 2. The van der Waals surface area contributed by atoms with Crippen molar-refractivity contribution in [1.82, 2.24) is 0 Å². The van der Waals surface area contributed by atoms with Crippen LogP contribution in [0.15, 0.2) is 166 Å². The first kappa shape index (κ1) is 37.1. The quantitative estimate of drug-likeness (QED) is 0.177. The van der Waals surface area contributed by atoms with E-state index in [-0.39, 0.29) is 10.8 Å². The number of nitrogens with zero attached hydrogens (tertiary/aromatic N) is 1. The molecule has 4 aliphatic rings. The van der Waals surface area contributed by atoms with Crippen LogP contribution in [-0.2, 0) is 5.41 Å². The summed E-state index contributed by atoms with van der Waals surface area (Å²) in [6.07, 6.45) is 11.4. The molecule has 3 atom stereocenters. The van der Waals surface area contributed by atoms with Crippen LogP contribution in [-0.4, -0.2) is 0 Å². The third-order valence-electron chi connectivity index (χ3n) is 16.5. The van der Waals surface area contributed by atoms with Crippen molar-refractivity contribution in [2.24, 2.45) is 23.2 Å². The Labute approximate surface area is 377 Å². The second-order valence-electron chi connectivity index (χ2n) is 20.3. The number of hydrogen-bond donors (Lipinski definition) is 0. The van der Waals surface area contributed by atoms with Crippen LogP contribution in [0.25, 0.3) is 86.3 Å². The molecule has 0 spiro atoms. The van der Waals surface area contributed by atoms with Gasteiger partial charge in [-0.05, 0) is 113 Å². The second-order valence-corrected chi connectivity index (χ2v) is 21.3. The van der Waals surface area contributed by atoms with E-state index in [0.29, 0.717) is 11.8 Å². The number of thiophene rings is 1. The van der Waals surface area contributed by atoms with Crippen LogP contribution in [0.1, 0.15) is 70.9 Å². The van der Waals surface area contributed by atoms with Crippen LogP contribution in [0.5, 0.6) is 0 Å². The summed E-state index contributed by atoms with van der Waals surface area (Å²) in [5.41, 5.74) is 16.8. The highest BCUT2D eigenvalue weighted by Gasteiger charge is 2.53. The van der Waals surface area contributed by atoms with Crippen molar-refractivity contribution < 1.29 is 8.83 Å². The lowest BCUT2D eigenvalue weighted by Gasteiger charge is -2.38. The molecule has 4 heteroatoms. The van der Waals surface area contributed by atoms with Gasteiger partial charge in [0.15, 0.2) is 0 Å². The molecule has 0 aliphatic heterocycles. The van der Waals surface area contributed by atoms with Crippen molar-refractivity contribution in [3.8, 4) is 22.3 Å². The zero-order valence-electron chi connectivity index (χ0n) is 36.8. The van der Waals surface area contributed by atoms with Gasteiger partial charge in [-0.3, -0.25) is 0 Å². The van der Waals surface area contributed by atoms with Gasteiger partial charge in [0.25, 0.3) is 0 Å². The third kappa shape index (κ3) is 4.93. The molecule has 3 heterocycles. The molecule has 0 saturated heterocycles. The van der Waals surface area contributed by atoms with Gasteiger partial charge in [0.05, 0.1) is 11.1 Å². The summed E-state index contributed by atoms with van der Waals surface area (Å²) in [5.74, 6) is 1.95. The van der Waals surface area contributed by atoms with Gasteiger partial charge >= 0.3 is 0 Å². The smallest absolute Gasteiger partial charge is 0.144 e. The number of anilines is 2. The van der Waals surface area contributed by atoms with Crippen LogP contribution >= 0.6 is 11.3 Å². The van der Waals surface area contributed by atoms with E-state index in [1.54, 1.807) is 5.57 Å². The molecule has 14 rings (SSSR count). The largest absolute Gasteiger partial charge is 0.456 e. The third-order valence-corrected chi connectivity index (χ3v) is 17.7. The van der Waals surface area contributed by atoms with Crippen LogP contribution in [0.4, 0.5) is 11.4 Å². The predicted molar refractivity (Wildman–Crippen MR) is 269 cm³/mol. The molecule has 7 aromatic carbocycles. The molecule has 3 nitrogen and oxygen atoms in total. The van der Waals surface area contributed by atoms with E-state index < -0.39 is 0 Å². The summed E-state index contributed by atoms with van der Waals surface area (Å²) >= 11 is 1.87. The van der Waals surface area contributed by atoms with Gasteiger partial charge in [-0.2, -0.15) is 0 Å². The summed E-state index contributed by atoms with van der Waals surface area (Å²) < 4.78 is 16.7. The van der Waals surface area contributed by atoms with Crippen molar-refractivity contribution in [1.29, 1.82) is 0 Å². The van der Waals surface area contributed by atoms with Crippen LogP contribution in [0.2, 0.25) is 0 Å². The summed E-state index contributed by atoms with van der Waals surface area (Å²) in [7, 11) is 0. The Morgan fingerprint density at radius 1 is 0.594 bits per heavy atom. The normalized spacial score (nSPS) is 20.8. The van der Waals surface area contributed by atoms with Gasteiger partial charge in [0.2, 0.25) is 0 Å². The van der Waals surface area contributed by atoms with Gasteiger partial charge in [0.1, 0.15) is 22.3 Å². The molecular formula is C60H49NO2S. The number of rotatable bonds is 4. The SMILES string of the molecule is CC1(C)c2ccccc2-c2ccc(N(C3=CC=C4C5CCCC[C@@H]5C(C)(C)C4C3)c3cccc4oc5c(-c6cccc7c6sc6ccccc67)c6c(cc5c34)oc3ccccc36)cc21. The number of benzene rings is 7. The average molecular weight is 848 g/mol. The molecule has 312 valence electrons. The fourth-order valence-electron chi connectivity index (χ4n) is 13.4. The Hall–Kier alpha value is -6.36. The molecule has 64 heavy (non-hydrogen) atoms. The molecule has 4 aliphatic carbocycles.